The SMILES string of the molecule is CCCC1C[C@@](C)(I)CC=C1[C@]1(C)CCC[C@@](C)(C(O)c2ccccc2)C1. The molecule has 150 valence electrons. The van der Waals surface area contributed by atoms with Crippen LogP contribution in [0.4, 0.5) is 0 Å². The van der Waals surface area contributed by atoms with Gasteiger partial charge in [0.2, 0.25) is 0 Å². The summed E-state index contributed by atoms with van der Waals surface area (Å²) in [5.74, 6) is 0.715. The first-order valence-corrected chi connectivity index (χ1v) is 11.9. The number of allylic oxidation sites excluding steroid dienone is 2. The van der Waals surface area contributed by atoms with Gasteiger partial charge in [0.05, 0.1) is 6.10 Å². The van der Waals surface area contributed by atoms with E-state index in [4.69, 9.17) is 0 Å². The van der Waals surface area contributed by atoms with Crippen LogP contribution in [-0.4, -0.2) is 8.53 Å². The van der Waals surface area contributed by atoms with Crippen molar-refractivity contribution in [2.24, 2.45) is 16.7 Å². The van der Waals surface area contributed by atoms with Gasteiger partial charge in [-0.05, 0) is 60.8 Å². The highest BCUT2D eigenvalue weighted by atomic mass is 127. The molecule has 1 fully saturated rings. The number of aliphatic hydroxyl groups excluding tert-OH is 1. The predicted octanol–water partition coefficient (Wildman–Crippen LogP) is 7.64. The molecule has 0 spiro atoms. The zero-order valence-electron chi connectivity index (χ0n) is 17.6. The van der Waals surface area contributed by atoms with Crippen molar-refractivity contribution in [1.29, 1.82) is 0 Å². The van der Waals surface area contributed by atoms with Crippen molar-refractivity contribution in [3.05, 3.63) is 47.5 Å². The molecule has 27 heavy (non-hydrogen) atoms. The van der Waals surface area contributed by atoms with Gasteiger partial charge in [0, 0.05) is 3.42 Å². The molecule has 1 N–H and O–H groups in total. The third-order valence-corrected chi connectivity index (χ3v) is 8.12. The molecule has 2 heteroatoms. The smallest absolute Gasteiger partial charge is 0.0843 e. The lowest BCUT2D eigenvalue weighted by Gasteiger charge is -2.51. The van der Waals surface area contributed by atoms with Gasteiger partial charge in [0.1, 0.15) is 0 Å². The molecule has 0 aliphatic heterocycles. The first-order chi connectivity index (χ1) is 12.7. The fourth-order valence-corrected chi connectivity index (χ4v) is 6.76. The Morgan fingerprint density at radius 2 is 1.85 bits per heavy atom. The number of alkyl halides is 1. The summed E-state index contributed by atoms with van der Waals surface area (Å²) < 4.78 is 0.402. The van der Waals surface area contributed by atoms with Crippen LogP contribution in [0, 0.1) is 16.7 Å². The van der Waals surface area contributed by atoms with Gasteiger partial charge in [-0.15, -0.1) is 0 Å². The van der Waals surface area contributed by atoms with Gasteiger partial charge < -0.3 is 5.11 Å². The van der Waals surface area contributed by atoms with Gasteiger partial charge in [0.15, 0.2) is 0 Å². The van der Waals surface area contributed by atoms with Crippen molar-refractivity contribution in [3.8, 4) is 0 Å². The lowest BCUT2D eigenvalue weighted by Crippen LogP contribution is -2.41. The van der Waals surface area contributed by atoms with Crippen molar-refractivity contribution in [3.63, 3.8) is 0 Å². The molecule has 2 unspecified atom stereocenters. The molecule has 0 saturated heterocycles. The fraction of sp³-hybridized carbons (Fsp3) is 0.680. The minimum Gasteiger partial charge on any atom is -0.388 e. The van der Waals surface area contributed by atoms with Crippen LogP contribution in [0.25, 0.3) is 0 Å². The van der Waals surface area contributed by atoms with Crippen LogP contribution in [0.2, 0.25) is 0 Å². The van der Waals surface area contributed by atoms with Crippen molar-refractivity contribution in [2.75, 3.05) is 0 Å². The van der Waals surface area contributed by atoms with Crippen LogP contribution in [0.1, 0.15) is 90.7 Å². The van der Waals surface area contributed by atoms with E-state index in [1.54, 1.807) is 5.57 Å². The largest absolute Gasteiger partial charge is 0.388 e. The van der Waals surface area contributed by atoms with E-state index in [-0.39, 0.29) is 16.9 Å². The third-order valence-electron chi connectivity index (χ3n) is 7.24. The van der Waals surface area contributed by atoms with E-state index in [1.807, 2.05) is 18.2 Å². The predicted molar refractivity (Wildman–Crippen MR) is 124 cm³/mol. The normalized spacial score (nSPS) is 38.3. The molecule has 3 rings (SSSR count). The Bertz CT molecular complexity index is 664. The molecular weight excluding hydrogens is 443 g/mol. The van der Waals surface area contributed by atoms with Crippen LogP contribution in [0.15, 0.2) is 42.0 Å². The summed E-state index contributed by atoms with van der Waals surface area (Å²) in [6.07, 6.45) is 12.0. The van der Waals surface area contributed by atoms with Crippen molar-refractivity contribution < 1.29 is 5.11 Å². The molecule has 2 aliphatic rings. The Kier molecular flexibility index (Phi) is 6.47. The Labute approximate surface area is 180 Å². The van der Waals surface area contributed by atoms with E-state index >= 15 is 0 Å². The van der Waals surface area contributed by atoms with Crippen LogP contribution in [0.3, 0.4) is 0 Å². The quantitative estimate of drug-likeness (QED) is 0.261. The first kappa shape index (κ1) is 21.4. The van der Waals surface area contributed by atoms with Crippen molar-refractivity contribution in [2.45, 2.75) is 88.6 Å². The number of hydrogen-bond acceptors (Lipinski definition) is 1. The number of aliphatic hydroxyl groups is 1. The molecule has 1 saturated carbocycles. The highest BCUT2D eigenvalue weighted by Gasteiger charge is 2.48. The summed E-state index contributed by atoms with van der Waals surface area (Å²) in [5.41, 5.74) is 2.98. The molecule has 1 aromatic carbocycles. The van der Waals surface area contributed by atoms with Gasteiger partial charge >= 0.3 is 0 Å². The van der Waals surface area contributed by atoms with Gasteiger partial charge in [-0.1, -0.05) is 105 Å². The second-order valence-corrected chi connectivity index (χ2v) is 12.6. The summed E-state index contributed by atoms with van der Waals surface area (Å²) >= 11 is 2.67. The highest BCUT2D eigenvalue weighted by molar-refractivity contribution is 14.1. The molecule has 0 bridgehead atoms. The second-order valence-electron chi connectivity index (χ2n) is 10.0. The average Bonchev–Trinajstić information content (AvgIpc) is 2.61. The summed E-state index contributed by atoms with van der Waals surface area (Å²) in [6.45, 7) is 9.55. The van der Waals surface area contributed by atoms with Crippen LogP contribution in [0.5, 0.6) is 0 Å². The standard InChI is InChI=1S/C25H37IO/c1-5-10-20-17-25(4,26)16-13-21(20)23(2)14-9-15-24(3,18-23)22(27)19-11-7-6-8-12-19/h6-8,11-13,20,22,27H,5,9-10,14-18H2,1-4H3/t20?,22?,23-,24-,25+/m1/s1. The Balaban J connectivity index is 1.88. The summed E-state index contributed by atoms with van der Waals surface area (Å²) in [7, 11) is 0. The third kappa shape index (κ3) is 4.63. The number of halogens is 1. The first-order valence-electron chi connectivity index (χ1n) is 10.8. The van der Waals surface area contributed by atoms with Gasteiger partial charge in [-0.3, -0.25) is 0 Å². The Morgan fingerprint density at radius 1 is 1.15 bits per heavy atom. The van der Waals surface area contributed by atoms with Gasteiger partial charge in [-0.2, -0.15) is 0 Å². The molecule has 0 heterocycles. The minimum atomic E-state index is -0.373. The van der Waals surface area contributed by atoms with E-state index in [0.717, 1.165) is 18.4 Å². The molecule has 5 atom stereocenters. The summed E-state index contributed by atoms with van der Waals surface area (Å²) in [4.78, 5) is 0. The maximum absolute atomic E-state index is 11.3. The molecule has 0 aromatic heterocycles. The topological polar surface area (TPSA) is 20.2 Å². The van der Waals surface area contributed by atoms with Gasteiger partial charge in [0.25, 0.3) is 0 Å². The Hall–Kier alpha value is -0.350. The maximum atomic E-state index is 11.3. The zero-order chi connectivity index (χ0) is 19.7. The zero-order valence-corrected chi connectivity index (χ0v) is 19.8. The van der Waals surface area contributed by atoms with Crippen LogP contribution < -0.4 is 0 Å². The lowest BCUT2D eigenvalue weighted by molar-refractivity contribution is -0.0270. The molecule has 2 aliphatic carbocycles. The van der Waals surface area contributed by atoms with E-state index in [1.165, 1.54) is 38.5 Å². The van der Waals surface area contributed by atoms with E-state index in [0.29, 0.717) is 9.34 Å². The summed E-state index contributed by atoms with van der Waals surface area (Å²) in [5, 5.41) is 11.3. The van der Waals surface area contributed by atoms with Crippen LogP contribution >= 0.6 is 22.6 Å². The second kappa shape index (κ2) is 8.18. The molecule has 1 nitrogen and oxygen atoms in total. The van der Waals surface area contributed by atoms with E-state index in [2.05, 4.69) is 68.5 Å². The number of benzene rings is 1. The van der Waals surface area contributed by atoms with Crippen molar-refractivity contribution >= 4 is 22.6 Å². The minimum absolute atomic E-state index is 0.0446. The number of rotatable bonds is 5. The molecular formula is C25H37IO. The number of hydrogen-bond donors (Lipinski definition) is 1. The Morgan fingerprint density at radius 3 is 2.52 bits per heavy atom. The fourth-order valence-electron chi connectivity index (χ4n) is 6.01. The monoisotopic (exact) mass is 480 g/mol. The van der Waals surface area contributed by atoms with Gasteiger partial charge in [-0.25, -0.2) is 0 Å². The highest BCUT2D eigenvalue weighted by Crippen LogP contribution is 2.58. The summed E-state index contributed by atoms with van der Waals surface area (Å²) in [6, 6.07) is 10.3. The van der Waals surface area contributed by atoms with E-state index < -0.39 is 0 Å². The lowest BCUT2D eigenvalue weighted by atomic mass is 9.55. The van der Waals surface area contributed by atoms with E-state index in [9.17, 15) is 5.11 Å². The molecule has 0 radical (unpaired) electrons. The maximum Gasteiger partial charge on any atom is 0.0843 e. The van der Waals surface area contributed by atoms with Crippen molar-refractivity contribution in [1.82, 2.24) is 0 Å². The average molecular weight is 480 g/mol. The van der Waals surface area contributed by atoms with Crippen LogP contribution in [-0.2, 0) is 0 Å². The molecule has 0 amide bonds. The molecule has 1 aromatic rings.